The van der Waals surface area contributed by atoms with Crippen molar-refractivity contribution in [3.8, 4) is 5.82 Å². The molecule has 24 heavy (non-hydrogen) atoms. The Balaban J connectivity index is 2.04. The minimum absolute atomic E-state index is 0.0721. The van der Waals surface area contributed by atoms with Crippen LogP contribution in [0.3, 0.4) is 0 Å². The third-order valence-corrected chi connectivity index (χ3v) is 3.77. The van der Waals surface area contributed by atoms with Crippen LogP contribution in [0.25, 0.3) is 11.5 Å². The number of rotatable bonds is 4. The van der Waals surface area contributed by atoms with Gasteiger partial charge in [-0.3, -0.25) is 5.32 Å². The number of nitrogens with one attached hydrogen (secondary N) is 1. The number of anilines is 1. The summed E-state index contributed by atoms with van der Waals surface area (Å²) in [5, 5.41) is 8.39. The Hall–Kier alpha value is -2.43. The largest absolute Gasteiger partial charge is 0.383 e. The molecule has 0 aliphatic rings. The first-order valence-corrected chi connectivity index (χ1v) is 8.34. The Labute approximate surface area is 143 Å². The highest BCUT2D eigenvalue weighted by molar-refractivity contribution is 5.41. The van der Waals surface area contributed by atoms with Gasteiger partial charge in [0.1, 0.15) is 0 Å². The molecule has 0 saturated heterocycles. The molecule has 3 rings (SSSR count). The predicted molar refractivity (Wildman–Crippen MR) is 96.3 cm³/mol. The Bertz CT molecular complexity index is 828. The lowest BCUT2D eigenvalue weighted by atomic mass is 9.82. The van der Waals surface area contributed by atoms with Crippen molar-refractivity contribution in [2.24, 2.45) is 5.41 Å². The molecule has 0 aliphatic heterocycles. The lowest BCUT2D eigenvalue weighted by Gasteiger charge is -2.30. The Morgan fingerprint density at radius 2 is 1.79 bits per heavy atom. The number of aromatic nitrogens is 4. The molecule has 0 fully saturated rings. The van der Waals surface area contributed by atoms with Gasteiger partial charge in [-0.15, -0.1) is 0 Å². The van der Waals surface area contributed by atoms with Crippen molar-refractivity contribution in [1.29, 1.82) is 0 Å². The summed E-state index contributed by atoms with van der Waals surface area (Å²) < 4.78 is 3.94. The molecule has 3 aromatic rings. The first-order chi connectivity index (χ1) is 11.3. The van der Waals surface area contributed by atoms with E-state index in [2.05, 4.69) is 49.3 Å². The van der Waals surface area contributed by atoms with E-state index in [1.807, 2.05) is 47.3 Å². The van der Waals surface area contributed by atoms with Gasteiger partial charge in [0.25, 0.3) is 0 Å². The SMILES string of the molecule is CC(C)(C)CC(C)(C)Nc1nn(-c2ccccn2)c2cccc[n+]12. The molecule has 0 amide bonds. The maximum atomic E-state index is 4.78. The minimum Gasteiger partial charge on any atom is -0.287 e. The highest BCUT2D eigenvalue weighted by Crippen LogP contribution is 2.28. The van der Waals surface area contributed by atoms with Crippen LogP contribution in [0.4, 0.5) is 5.95 Å². The molecule has 0 aromatic carbocycles. The van der Waals surface area contributed by atoms with Crippen LogP contribution >= 0.6 is 0 Å². The molecule has 0 spiro atoms. The van der Waals surface area contributed by atoms with Gasteiger partial charge in [-0.05, 0) is 43.9 Å². The molecule has 5 heteroatoms. The Morgan fingerprint density at radius 1 is 1.04 bits per heavy atom. The van der Waals surface area contributed by atoms with Gasteiger partial charge in [-0.25, -0.2) is 4.98 Å². The fourth-order valence-electron chi connectivity index (χ4n) is 3.39. The summed E-state index contributed by atoms with van der Waals surface area (Å²) >= 11 is 0. The molecular weight excluding hydrogens is 298 g/mol. The van der Waals surface area contributed by atoms with Gasteiger partial charge in [0.05, 0.1) is 11.7 Å². The smallest absolute Gasteiger partial charge is 0.287 e. The highest BCUT2D eigenvalue weighted by atomic mass is 15.4. The number of hydrogen-bond donors (Lipinski definition) is 1. The summed E-state index contributed by atoms with van der Waals surface area (Å²) in [5.41, 5.74) is 1.14. The van der Waals surface area contributed by atoms with Crippen molar-refractivity contribution < 1.29 is 4.40 Å². The summed E-state index contributed by atoms with van der Waals surface area (Å²) in [6.07, 6.45) is 4.84. The molecule has 0 atom stereocenters. The van der Waals surface area contributed by atoms with E-state index in [9.17, 15) is 0 Å². The van der Waals surface area contributed by atoms with Gasteiger partial charge in [-0.1, -0.05) is 37.6 Å². The highest BCUT2D eigenvalue weighted by Gasteiger charge is 2.31. The zero-order valence-electron chi connectivity index (χ0n) is 15.1. The lowest BCUT2D eigenvalue weighted by molar-refractivity contribution is -0.497. The zero-order chi connectivity index (χ0) is 17.4. The van der Waals surface area contributed by atoms with Crippen LogP contribution in [-0.4, -0.2) is 20.3 Å². The average Bonchev–Trinajstić information content (AvgIpc) is 2.84. The predicted octanol–water partition coefficient (Wildman–Crippen LogP) is 3.63. The summed E-state index contributed by atoms with van der Waals surface area (Å²) in [5.74, 6) is 1.63. The molecule has 0 aliphatic carbocycles. The van der Waals surface area contributed by atoms with Crippen LogP contribution in [0.1, 0.15) is 41.0 Å². The van der Waals surface area contributed by atoms with Crippen LogP contribution in [0.15, 0.2) is 48.8 Å². The molecule has 0 bridgehead atoms. The maximum Gasteiger partial charge on any atom is 0.383 e. The second-order valence-corrected chi connectivity index (χ2v) is 8.10. The van der Waals surface area contributed by atoms with E-state index >= 15 is 0 Å². The Morgan fingerprint density at radius 3 is 2.46 bits per heavy atom. The summed E-state index contributed by atoms with van der Waals surface area (Å²) in [6, 6.07) is 11.9. The van der Waals surface area contributed by atoms with E-state index < -0.39 is 0 Å². The third kappa shape index (κ3) is 3.55. The molecule has 0 radical (unpaired) electrons. The molecule has 3 heterocycles. The Kier molecular flexibility index (Phi) is 4.03. The first kappa shape index (κ1) is 16.4. The van der Waals surface area contributed by atoms with E-state index in [1.54, 1.807) is 6.20 Å². The van der Waals surface area contributed by atoms with E-state index in [0.29, 0.717) is 0 Å². The van der Waals surface area contributed by atoms with Gasteiger partial charge in [0, 0.05) is 17.4 Å². The molecule has 5 nitrogen and oxygen atoms in total. The fraction of sp³-hybridized carbons (Fsp3) is 0.421. The number of pyridine rings is 2. The monoisotopic (exact) mass is 324 g/mol. The zero-order valence-corrected chi connectivity index (χ0v) is 15.1. The van der Waals surface area contributed by atoms with Crippen molar-refractivity contribution >= 4 is 11.6 Å². The van der Waals surface area contributed by atoms with E-state index in [0.717, 1.165) is 23.8 Å². The quantitative estimate of drug-likeness (QED) is 0.746. The molecule has 0 unspecified atom stereocenters. The molecule has 1 N–H and O–H groups in total. The van der Waals surface area contributed by atoms with Crippen molar-refractivity contribution in [3.63, 3.8) is 0 Å². The van der Waals surface area contributed by atoms with Gasteiger partial charge < -0.3 is 0 Å². The van der Waals surface area contributed by atoms with Crippen molar-refractivity contribution in [2.45, 2.75) is 46.6 Å². The average molecular weight is 324 g/mol. The van der Waals surface area contributed by atoms with Crippen molar-refractivity contribution in [3.05, 3.63) is 48.8 Å². The summed E-state index contributed by atoms with van der Waals surface area (Å²) in [6.45, 7) is 11.2. The topological polar surface area (TPSA) is 46.8 Å². The van der Waals surface area contributed by atoms with Crippen LogP contribution in [-0.2, 0) is 0 Å². The van der Waals surface area contributed by atoms with E-state index in [4.69, 9.17) is 5.10 Å². The van der Waals surface area contributed by atoms with Crippen LogP contribution in [0, 0.1) is 5.41 Å². The van der Waals surface area contributed by atoms with Gasteiger partial charge in [0.15, 0.2) is 0 Å². The summed E-state index contributed by atoms with van der Waals surface area (Å²) in [7, 11) is 0. The first-order valence-electron chi connectivity index (χ1n) is 8.34. The fourth-order valence-corrected chi connectivity index (χ4v) is 3.39. The van der Waals surface area contributed by atoms with E-state index in [1.165, 1.54) is 0 Å². The molecule has 0 saturated carbocycles. The second-order valence-electron chi connectivity index (χ2n) is 8.10. The van der Waals surface area contributed by atoms with Crippen LogP contribution in [0.2, 0.25) is 0 Å². The number of fused-ring (bicyclic) bond motifs is 1. The molecule has 126 valence electrons. The van der Waals surface area contributed by atoms with Crippen LogP contribution in [0.5, 0.6) is 0 Å². The molecular formula is C19H26N5+. The summed E-state index contributed by atoms with van der Waals surface area (Å²) in [4.78, 5) is 4.43. The van der Waals surface area contributed by atoms with E-state index in [-0.39, 0.29) is 11.0 Å². The number of hydrogen-bond acceptors (Lipinski definition) is 3. The maximum absolute atomic E-state index is 4.78. The van der Waals surface area contributed by atoms with Crippen LogP contribution < -0.4 is 9.72 Å². The lowest BCUT2D eigenvalue weighted by Crippen LogP contribution is -2.39. The van der Waals surface area contributed by atoms with Crippen molar-refractivity contribution in [2.75, 3.05) is 5.32 Å². The third-order valence-electron chi connectivity index (χ3n) is 3.77. The van der Waals surface area contributed by atoms with Gasteiger partial charge in [0.2, 0.25) is 11.5 Å². The normalized spacial score (nSPS) is 12.5. The standard InChI is InChI=1S/C19H26N5/c1-18(2,3)14-19(4,5)21-17-22-24(15-10-6-8-12-20-15)16-11-7-9-13-23(16)17/h6-13H,14H2,1-5H3,(H,21,22)/q+1. The number of nitrogens with zero attached hydrogens (tertiary/aromatic N) is 4. The van der Waals surface area contributed by atoms with Gasteiger partial charge >= 0.3 is 5.95 Å². The van der Waals surface area contributed by atoms with Gasteiger partial charge in [-0.2, -0.15) is 4.40 Å². The van der Waals surface area contributed by atoms with Crippen molar-refractivity contribution in [1.82, 2.24) is 14.8 Å². The minimum atomic E-state index is -0.0721. The molecule has 3 aromatic heterocycles. The second kappa shape index (κ2) is 5.89.